The minimum Gasteiger partial charge on any atom is -0.469 e. The molecule has 1 aliphatic carbocycles. The van der Waals surface area contributed by atoms with Crippen molar-refractivity contribution in [2.45, 2.75) is 24.9 Å². The van der Waals surface area contributed by atoms with Crippen molar-refractivity contribution in [3.8, 4) is 12.3 Å². The Morgan fingerprint density at radius 2 is 2.50 bits per heavy atom. The van der Waals surface area contributed by atoms with Gasteiger partial charge in [-0.2, -0.15) is 0 Å². The maximum Gasteiger partial charge on any atom is 0.308 e. The first-order valence-corrected chi connectivity index (χ1v) is 3.89. The summed E-state index contributed by atoms with van der Waals surface area (Å²) in [5, 5.41) is 9.57. The fourth-order valence-corrected chi connectivity index (χ4v) is 1.52. The molecule has 1 fully saturated rings. The molecule has 1 rings (SSSR count). The number of carbonyl (C=O) groups is 1. The summed E-state index contributed by atoms with van der Waals surface area (Å²) < 4.78 is 4.55. The average molecular weight is 168 g/mol. The molecule has 2 atom stereocenters. The summed E-state index contributed by atoms with van der Waals surface area (Å²) in [6, 6.07) is 0. The van der Waals surface area contributed by atoms with Crippen LogP contribution in [-0.4, -0.2) is 23.8 Å². The molecule has 1 N–H and O–H groups in total. The minimum absolute atomic E-state index is 0.226. The molecule has 2 unspecified atom stereocenters. The number of terminal acetylenes is 1. The van der Waals surface area contributed by atoms with Gasteiger partial charge in [-0.15, -0.1) is 6.42 Å². The number of hydrogen-bond acceptors (Lipinski definition) is 3. The van der Waals surface area contributed by atoms with Gasteiger partial charge in [0.2, 0.25) is 0 Å². The van der Waals surface area contributed by atoms with Crippen LogP contribution in [-0.2, 0) is 9.53 Å². The first-order chi connectivity index (χ1) is 5.61. The topological polar surface area (TPSA) is 46.5 Å². The second-order valence-electron chi connectivity index (χ2n) is 3.14. The summed E-state index contributed by atoms with van der Waals surface area (Å²) in [6.45, 7) is 0. The number of hydrogen-bond donors (Lipinski definition) is 1. The largest absolute Gasteiger partial charge is 0.469 e. The van der Waals surface area contributed by atoms with Crippen molar-refractivity contribution < 1.29 is 14.6 Å². The van der Waals surface area contributed by atoms with Crippen LogP contribution in [0.15, 0.2) is 0 Å². The number of aliphatic hydroxyl groups is 1. The summed E-state index contributed by atoms with van der Waals surface area (Å²) in [7, 11) is 1.34. The van der Waals surface area contributed by atoms with E-state index in [-0.39, 0.29) is 11.9 Å². The molecule has 0 aromatic heterocycles. The molecule has 0 heterocycles. The average Bonchev–Trinajstić information content (AvgIpc) is 2.48. The van der Waals surface area contributed by atoms with Crippen LogP contribution < -0.4 is 0 Å². The molecular weight excluding hydrogens is 156 g/mol. The maximum atomic E-state index is 11.0. The Morgan fingerprint density at radius 3 is 2.92 bits per heavy atom. The van der Waals surface area contributed by atoms with E-state index >= 15 is 0 Å². The van der Waals surface area contributed by atoms with Gasteiger partial charge in [-0.3, -0.25) is 4.79 Å². The number of rotatable bonds is 1. The molecule has 66 valence electrons. The Labute approximate surface area is 71.7 Å². The monoisotopic (exact) mass is 168 g/mol. The summed E-state index contributed by atoms with van der Waals surface area (Å²) in [5.74, 6) is 1.79. The van der Waals surface area contributed by atoms with E-state index in [0.29, 0.717) is 19.3 Å². The van der Waals surface area contributed by atoms with E-state index < -0.39 is 5.60 Å². The third kappa shape index (κ3) is 1.59. The minimum atomic E-state index is -1.08. The molecule has 0 saturated heterocycles. The molecule has 12 heavy (non-hydrogen) atoms. The summed E-state index contributed by atoms with van der Waals surface area (Å²) >= 11 is 0. The number of esters is 1. The summed E-state index contributed by atoms with van der Waals surface area (Å²) in [4.78, 5) is 11.0. The lowest BCUT2D eigenvalue weighted by Crippen LogP contribution is -2.23. The molecule has 0 bridgehead atoms. The highest BCUT2D eigenvalue weighted by Crippen LogP contribution is 2.34. The van der Waals surface area contributed by atoms with E-state index in [1.165, 1.54) is 7.11 Å². The first kappa shape index (κ1) is 9.08. The molecule has 1 aliphatic rings. The standard InChI is InChI=1S/C9H12O3/c1-3-9(11)5-4-7(6-9)8(10)12-2/h1,7,11H,4-6H2,2H3. The smallest absolute Gasteiger partial charge is 0.308 e. The van der Waals surface area contributed by atoms with E-state index in [0.717, 1.165) is 0 Å². The van der Waals surface area contributed by atoms with Gasteiger partial charge >= 0.3 is 5.97 Å². The molecular formula is C9H12O3. The molecule has 0 aromatic rings. The molecule has 3 nitrogen and oxygen atoms in total. The van der Waals surface area contributed by atoms with Crippen LogP contribution in [0.25, 0.3) is 0 Å². The molecule has 0 amide bonds. The highest BCUT2D eigenvalue weighted by molar-refractivity contribution is 5.73. The van der Waals surface area contributed by atoms with Crippen LogP contribution in [0.3, 0.4) is 0 Å². The maximum absolute atomic E-state index is 11.0. The zero-order valence-corrected chi connectivity index (χ0v) is 7.04. The summed E-state index contributed by atoms with van der Waals surface area (Å²) in [6.07, 6.45) is 6.56. The number of methoxy groups -OCH3 is 1. The van der Waals surface area contributed by atoms with E-state index in [4.69, 9.17) is 6.42 Å². The van der Waals surface area contributed by atoms with Crippen LogP contribution in [0.4, 0.5) is 0 Å². The van der Waals surface area contributed by atoms with Gasteiger partial charge in [0.05, 0.1) is 13.0 Å². The van der Waals surface area contributed by atoms with Crippen molar-refractivity contribution in [1.29, 1.82) is 0 Å². The van der Waals surface area contributed by atoms with Gasteiger partial charge in [0, 0.05) is 6.42 Å². The van der Waals surface area contributed by atoms with Crippen LogP contribution in [0, 0.1) is 18.3 Å². The Kier molecular flexibility index (Phi) is 2.39. The van der Waals surface area contributed by atoms with Gasteiger partial charge in [-0.25, -0.2) is 0 Å². The molecule has 0 aliphatic heterocycles. The number of carbonyl (C=O) groups excluding carboxylic acids is 1. The van der Waals surface area contributed by atoms with Gasteiger partial charge in [0.1, 0.15) is 5.60 Å². The van der Waals surface area contributed by atoms with E-state index in [2.05, 4.69) is 10.7 Å². The van der Waals surface area contributed by atoms with Gasteiger partial charge in [-0.1, -0.05) is 5.92 Å². The second-order valence-corrected chi connectivity index (χ2v) is 3.14. The quantitative estimate of drug-likeness (QED) is 0.453. The Morgan fingerprint density at radius 1 is 1.83 bits per heavy atom. The zero-order chi connectivity index (χ0) is 9.19. The van der Waals surface area contributed by atoms with Gasteiger partial charge in [0.25, 0.3) is 0 Å². The fourth-order valence-electron chi connectivity index (χ4n) is 1.52. The lowest BCUT2D eigenvalue weighted by atomic mass is 10.0. The van der Waals surface area contributed by atoms with Crippen molar-refractivity contribution in [3.63, 3.8) is 0 Å². The SMILES string of the molecule is C#CC1(O)CCC(C(=O)OC)C1. The van der Waals surface area contributed by atoms with Crippen LogP contribution >= 0.6 is 0 Å². The zero-order valence-electron chi connectivity index (χ0n) is 7.04. The highest BCUT2D eigenvalue weighted by atomic mass is 16.5. The van der Waals surface area contributed by atoms with Crippen LogP contribution in [0.1, 0.15) is 19.3 Å². The fraction of sp³-hybridized carbons (Fsp3) is 0.667. The van der Waals surface area contributed by atoms with E-state index in [1.807, 2.05) is 0 Å². The Hall–Kier alpha value is -1.01. The van der Waals surface area contributed by atoms with Crippen molar-refractivity contribution in [2.75, 3.05) is 7.11 Å². The normalized spacial score (nSPS) is 34.2. The summed E-state index contributed by atoms with van der Waals surface area (Å²) in [5.41, 5.74) is -1.08. The molecule has 0 aromatic carbocycles. The van der Waals surface area contributed by atoms with Crippen LogP contribution in [0.2, 0.25) is 0 Å². The highest BCUT2D eigenvalue weighted by Gasteiger charge is 2.39. The Balaban J connectivity index is 2.58. The van der Waals surface area contributed by atoms with E-state index in [9.17, 15) is 9.90 Å². The lowest BCUT2D eigenvalue weighted by molar-refractivity contribution is -0.145. The molecule has 1 saturated carbocycles. The number of ether oxygens (including phenoxy) is 1. The van der Waals surface area contributed by atoms with Crippen molar-refractivity contribution in [2.24, 2.45) is 5.92 Å². The molecule has 0 spiro atoms. The third-order valence-electron chi connectivity index (χ3n) is 2.29. The van der Waals surface area contributed by atoms with Crippen LogP contribution in [0.5, 0.6) is 0 Å². The van der Waals surface area contributed by atoms with Crippen molar-refractivity contribution in [1.82, 2.24) is 0 Å². The molecule has 0 radical (unpaired) electrons. The van der Waals surface area contributed by atoms with Gasteiger partial charge < -0.3 is 9.84 Å². The lowest BCUT2D eigenvalue weighted by Gasteiger charge is -2.13. The predicted molar refractivity (Wildman–Crippen MR) is 43.1 cm³/mol. The van der Waals surface area contributed by atoms with Gasteiger partial charge in [0.15, 0.2) is 0 Å². The van der Waals surface area contributed by atoms with Gasteiger partial charge in [-0.05, 0) is 12.8 Å². The third-order valence-corrected chi connectivity index (χ3v) is 2.29. The van der Waals surface area contributed by atoms with Crippen molar-refractivity contribution in [3.05, 3.63) is 0 Å². The molecule has 3 heteroatoms. The Bertz CT molecular complexity index is 228. The predicted octanol–water partition coefficient (Wildman–Crippen LogP) is 0.324. The first-order valence-electron chi connectivity index (χ1n) is 3.89. The van der Waals surface area contributed by atoms with Crippen molar-refractivity contribution >= 4 is 5.97 Å². The second kappa shape index (κ2) is 3.16. The van der Waals surface area contributed by atoms with E-state index in [1.54, 1.807) is 0 Å².